The van der Waals surface area contributed by atoms with E-state index >= 15 is 0 Å². The number of rotatable bonds is 5. The lowest BCUT2D eigenvalue weighted by Gasteiger charge is -2.33. The summed E-state index contributed by atoms with van der Waals surface area (Å²) < 4.78 is 28.8. The molecule has 0 atom stereocenters. The number of nitrogens with zero attached hydrogens (tertiary/aromatic N) is 4. The van der Waals surface area contributed by atoms with Crippen LogP contribution in [0.2, 0.25) is 10.0 Å². The molecule has 1 fully saturated rings. The van der Waals surface area contributed by atoms with E-state index in [1.807, 2.05) is 36.5 Å². The average Bonchev–Trinajstić information content (AvgIpc) is 3.29. The van der Waals surface area contributed by atoms with Crippen molar-refractivity contribution in [2.24, 2.45) is 0 Å². The van der Waals surface area contributed by atoms with Crippen molar-refractivity contribution in [1.82, 2.24) is 19.0 Å². The Balaban J connectivity index is 1.36. The van der Waals surface area contributed by atoms with Crippen molar-refractivity contribution in [2.45, 2.75) is 4.90 Å². The van der Waals surface area contributed by atoms with Crippen LogP contribution in [-0.2, 0) is 14.8 Å². The summed E-state index contributed by atoms with van der Waals surface area (Å²) in [4.78, 5) is 14.3. The van der Waals surface area contributed by atoms with Gasteiger partial charge in [-0.3, -0.25) is 4.79 Å². The molecule has 1 saturated heterocycles. The zero-order chi connectivity index (χ0) is 22.7. The van der Waals surface area contributed by atoms with Crippen LogP contribution in [0.5, 0.6) is 0 Å². The van der Waals surface area contributed by atoms with E-state index < -0.39 is 10.0 Å². The van der Waals surface area contributed by atoms with Gasteiger partial charge in [-0.2, -0.15) is 9.40 Å². The Kier molecular flexibility index (Phi) is 6.66. The Hall–Kier alpha value is -2.65. The highest BCUT2D eigenvalue weighted by Gasteiger charge is 2.30. The normalized spacial score (nSPS) is 15.4. The minimum atomic E-state index is -3.71. The average molecular weight is 491 g/mol. The molecule has 1 aromatic heterocycles. The van der Waals surface area contributed by atoms with Gasteiger partial charge in [0.1, 0.15) is 0 Å². The fraction of sp³-hybridized carbons (Fsp3) is 0.182. The number of hydrogen-bond acceptors (Lipinski definition) is 4. The van der Waals surface area contributed by atoms with Crippen molar-refractivity contribution in [2.75, 3.05) is 26.2 Å². The summed E-state index contributed by atoms with van der Waals surface area (Å²) in [5.74, 6) is -0.177. The first-order valence-corrected chi connectivity index (χ1v) is 12.1. The summed E-state index contributed by atoms with van der Waals surface area (Å²) >= 11 is 11.8. The molecule has 0 radical (unpaired) electrons. The monoisotopic (exact) mass is 490 g/mol. The molecule has 3 aromatic rings. The third kappa shape index (κ3) is 4.88. The second-order valence-corrected chi connectivity index (χ2v) is 9.94. The number of para-hydroxylation sites is 1. The maximum atomic E-state index is 12.9. The zero-order valence-electron chi connectivity index (χ0n) is 16.9. The molecule has 2 aromatic carbocycles. The molecular formula is C22H20Cl2N4O3S. The summed E-state index contributed by atoms with van der Waals surface area (Å²) in [7, 11) is -3.71. The van der Waals surface area contributed by atoms with Gasteiger partial charge in [-0.1, -0.05) is 41.4 Å². The maximum Gasteiger partial charge on any atom is 0.246 e. The Morgan fingerprint density at radius 1 is 0.969 bits per heavy atom. The van der Waals surface area contributed by atoms with Crippen molar-refractivity contribution in [3.63, 3.8) is 0 Å². The first-order chi connectivity index (χ1) is 15.3. The number of carbonyl (C=O) groups is 1. The molecule has 10 heteroatoms. The van der Waals surface area contributed by atoms with Gasteiger partial charge in [-0.05, 0) is 36.4 Å². The van der Waals surface area contributed by atoms with Crippen LogP contribution >= 0.6 is 23.2 Å². The topological polar surface area (TPSA) is 75.5 Å². The molecule has 1 aliphatic heterocycles. The molecule has 1 aliphatic rings. The third-order valence-corrected chi connectivity index (χ3v) is 7.75. The third-order valence-electron chi connectivity index (χ3n) is 5.12. The molecule has 32 heavy (non-hydrogen) atoms. The molecule has 0 N–H and O–H groups in total. The van der Waals surface area contributed by atoms with Gasteiger partial charge in [-0.15, -0.1) is 0 Å². The number of hydrogen-bond donors (Lipinski definition) is 0. The highest BCUT2D eigenvalue weighted by Crippen LogP contribution is 2.27. The number of sulfonamides is 1. The number of aromatic nitrogens is 2. The van der Waals surface area contributed by atoms with Gasteiger partial charge in [0.2, 0.25) is 15.9 Å². The molecular weight excluding hydrogens is 471 g/mol. The predicted molar refractivity (Wildman–Crippen MR) is 124 cm³/mol. The molecule has 0 unspecified atom stereocenters. The molecule has 2 heterocycles. The summed E-state index contributed by atoms with van der Waals surface area (Å²) in [6.45, 7) is 1.00. The van der Waals surface area contributed by atoms with Crippen LogP contribution in [0.15, 0.2) is 71.9 Å². The predicted octanol–water partition coefficient (Wildman–Crippen LogP) is 3.73. The molecule has 0 bridgehead atoms. The van der Waals surface area contributed by atoms with Crippen molar-refractivity contribution in [1.29, 1.82) is 0 Å². The Bertz CT molecular complexity index is 1250. The van der Waals surface area contributed by atoms with Gasteiger partial charge < -0.3 is 4.90 Å². The first-order valence-electron chi connectivity index (χ1n) is 9.87. The van der Waals surface area contributed by atoms with E-state index in [0.29, 0.717) is 18.1 Å². The highest BCUT2D eigenvalue weighted by atomic mass is 35.5. The van der Waals surface area contributed by atoms with E-state index in [4.69, 9.17) is 23.2 Å². The highest BCUT2D eigenvalue weighted by molar-refractivity contribution is 7.89. The zero-order valence-corrected chi connectivity index (χ0v) is 19.3. The minimum absolute atomic E-state index is 0.0852. The van der Waals surface area contributed by atoms with Crippen LogP contribution in [0.25, 0.3) is 11.8 Å². The summed E-state index contributed by atoms with van der Waals surface area (Å²) in [6, 6.07) is 13.9. The van der Waals surface area contributed by atoms with E-state index in [1.165, 1.54) is 28.6 Å². The molecule has 7 nitrogen and oxygen atoms in total. The van der Waals surface area contributed by atoms with Crippen LogP contribution in [0.4, 0.5) is 0 Å². The number of carbonyl (C=O) groups excluding carboxylic acids is 1. The van der Waals surface area contributed by atoms with Crippen LogP contribution in [0.1, 0.15) is 5.56 Å². The maximum absolute atomic E-state index is 12.9. The number of piperazine rings is 1. The number of benzene rings is 2. The van der Waals surface area contributed by atoms with Crippen LogP contribution in [0, 0.1) is 0 Å². The van der Waals surface area contributed by atoms with E-state index in [1.54, 1.807) is 21.9 Å². The largest absolute Gasteiger partial charge is 0.337 e. The quantitative estimate of drug-likeness (QED) is 0.510. The van der Waals surface area contributed by atoms with Crippen LogP contribution in [-0.4, -0.2) is 59.5 Å². The lowest BCUT2D eigenvalue weighted by molar-refractivity contribution is -0.127. The van der Waals surface area contributed by atoms with Gasteiger partial charge in [-0.25, -0.2) is 13.1 Å². The van der Waals surface area contributed by atoms with Gasteiger partial charge in [0.15, 0.2) is 0 Å². The second-order valence-electron chi connectivity index (χ2n) is 7.19. The van der Waals surface area contributed by atoms with Gasteiger partial charge >= 0.3 is 0 Å². The van der Waals surface area contributed by atoms with Crippen molar-refractivity contribution in [3.05, 3.63) is 82.6 Å². The van der Waals surface area contributed by atoms with E-state index in [9.17, 15) is 13.2 Å². The van der Waals surface area contributed by atoms with E-state index in [0.717, 1.165) is 11.3 Å². The SMILES string of the molecule is O=C(/C=C/c1cnn(-c2ccccc2)c1)N1CCN(S(=O)(=O)c2ccc(Cl)c(Cl)c2)CC1. The van der Waals surface area contributed by atoms with Gasteiger partial charge in [0, 0.05) is 44.0 Å². The van der Waals surface area contributed by atoms with Crippen LogP contribution in [0.3, 0.4) is 0 Å². The molecule has 1 amide bonds. The number of amides is 1. The number of halogens is 2. The van der Waals surface area contributed by atoms with Crippen molar-refractivity contribution < 1.29 is 13.2 Å². The summed E-state index contributed by atoms with van der Waals surface area (Å²) in [5.41, 5.74) is 1.72. The van der Waals surface area contributed by atoms with E-state index in [2.05, 4.69) is 5.10 Å². The lowest BCUT2D eigenvalue weighted by atomic mass is 10.3. The first kappa shape index (κ1) is 22.5. The van der Waals surface area contributed by atoms with E-state index in [-0.39, 0.29) is 28.9 Å². The molecule has 0 saturated carbocycles. The fourth-order valence-electron chi connectivity index (χ4n) is 3.35. The fourth-order valence-corrected chi connectivity index (χ4v) is 5.16. The van der Waals surface area contributed by atoms with Crippen molar-refractivity contribution in [3.8, 4) is 5.69 Å². The summed E-state index contributed by atoms with van der Waals surface area (Å²) in [6.07, 6.45) is 6.70. The summed E-state index contributed by atoms with van der Waals surface area (Å²) in [5, 5.41) is 4.78. The Labute approximate surface area is 196 Å². The second kappa shape index (κ2) is 9.46. The van der Waals surface area contributed by atoms with Gasteiger partial charge in [0.25, 0.3) is 0 Å². The smallest absolute Gasteiger partial charge is 0.246 e. The van der Waals surface area contributed by atoms with Crippen LogP contribution < -0.4 is 0 Å². The Morgan fingerprint density at radius 3 is 2.38 bits per heavy atom. The van der Waals surface area contributed by atoms with Crippen molar-refractivity contribution >= 4 is 45.2 Å². The molecule has 0 aliphatic carbocycles. The minimum Gasteiger partial charge on any atom is -0.337 e. The molecule has 0 spiro atoms. The molecule has 4 rings (SSSR count). The standard InChI is InChI=1S/C22H20Cl2N4O3S/c23-20-8-7-19(14-21(20)24)32(30,31)27-12-10-26(11-13-27)22(29)9-6-17-15-25-28(16-17)18-4-2-1-3-5-18/h1-9,14-16H,10-13H2/b9-6+. The van der Waals surface area contributed by atoms with Gasteiger partial charge in [0.05, 0.1) is 26.8 Å². The lowest BCUT2D eigenvalue weighted by Crippen LogP contribution is -2.50. The Morgan fingerprint density at radius 2 is 1.69 bits per heavy atom. The molecule has 166 valence electrons.